The highest BCUT2D eigenvalue weighted by Gasteiger charge is 2.51. The number of fused-ring (bicyclic) bond motifs is 3. The molecule has 4 nitrogen and oxygen atoms in total. The fourth-order valence-corrected chi connectivity index (χ4v) is 4.41. The lowest BCUT2D eigenvalue weighted by Crippen LogP contribution is -2.43. The Bertz CT molecular complexity index is 1020. The molecule has 28 heavy (non-hydrogen) atoms. The van der Waals surface area contributed by atoms with E-state index in [1.54, 1.807) is 11.1 Å². The summed E-state index contributed by atoms with van der Waals surface area (Å²) in [5.41, 5.74) is 3.90. The molecule has 1 amide bonds. The van der Waals surface area contributed by atoms with Crippen LogP contribution in [0.5, 0.6) is 0 Å². The number of para-hydroxylation sites is 2. The topological polar surface area (TPSA) is 41.6 Å². The molecule has 5 rings (SSSR count). The molecule has 5 heteroatoms. The van der Waals surface area contributed by atoms with Crippen LogP contribution in [0.15, 0.2) is 78.9 Å². The maximum Gasteiger partial charge on any atom is 0.250 e. The second kappa shape index (κ2) is 6.97. The van der Waals surface area contributed by atoms with Gasteiger partial charge >= 0.3 is 0 Å². The van der Waals surface area contributed by atoms with Crippen molar-refractivity contribution in [3.63, 3.8) is 0 Å². The summed E-state index contributed by atoms with van der Waals surface area (Å²) in [7, 11) is 0. The lowest BCUT2D eigenvalue weighted by atomic mass is 9.94. The number of nitrogens with one attached hydrogen (secondary N) is 1. The molecule has 1 saturated heterocycles. The third-order valence-corrected chi connectivity index (χ3v) is 5.83. The fourth-order valence-electron chi connectivity index (χ4n) is 4.23. The van der Waals surface area contributed by atoms with Gasteiger partial charge in [0.25, 0.3) is 0 Å². The van der Waals surface area contributed by atoms with Crippen LogP contribution >= 0.6 is 11.6 Å². The molecule has 3 aromatic carbocycles. The number of hydrogen-bond acceptors (Lipinski definition) is 3. The zero-order chi connectivity index (χ0) is 19.1. The van der Waals surface area contributed by atoms with Gasteiger partial charge < -0.3 is 5.32 Å². The van der Waals surface area contributed by atoms with E-state index in [1.165, 1.54) is 11.1 Å². The van der Waals surface area contributed by atoms with Crippen molar-refractivity contribution >= 4 is 28.9 Å². The minimum Gasteiger partial charge on any atom is -0.323 e. The third-order valence-electron chi connectivity index (χ3n) is 5.50. The Morgan fingerprint density at radius 1 is 0.964 bits per heavy atom. The summed E-state index contributed by atoms with van der Waals surface area (Å²) in [6.45, 7) is 0. The number of anilines is 2. The fraction of sp³-hybridized carbons (Fsp3) is 0.174. The number of rotatable bonds is 3. The van der Waals surface area contributed by atoms with Crippen molar-refractivity contribution in [2.45, 2.75) is 18.6 Å². The van der Waals surface area contributed by atoms with Gasteiger partial charge in [0.1, 0.15) is 12.1 Å². The van der Waals surface area contributed by atoms with Crippen LogP contribution < -0.4 is 10.4 Å². The predicted molar refractivity (Wildman–Crippen MR) is 110 cm³/mol. The van der Waals surface area contributed by atoms with Crippen molar-refractivity contribution < 1.29 is 9.63 Å². The molecule has 1 heterocycles. The Morgan fingerprint density at radius 3 is 2.50 bits per heavy atom. The van der Waals surface area contributed by atoms with Crippen LogP contribution in [0.1, 0.15) is 17.2 Å². The molecule has 1 fully saturated rings. The van der Waals surface area contributed by atoms with E-state index in [0.717, 1.165) is 12.1 Å². The van der Waals surface area contributed by atoms with Crippen LogP contribution in [0.3, 0.4) is 0 Å². The zero-order valence-corrected chi connectivity index (χ0v) is 15.8. The Balaban J connectivity index is 1.51. The molecule has 0 radical (unpaired) electrons. The summed E-state index contributed by atoms with van der Waals surface area (Å²) in [5.74, 6) is -0.0719. The van der Waals surface area contributed by atoms with Crippen LogP contribution in [-0.4, -0.2) is 11.9 Å². The lowest BCUT2D eigenvalue weighted by molar-refractivity contribution is -0.118. The summed E-state index contributed by atoms with van der Waals surface area (Å²) in [6.07, 6.45) is 0.684. The first-order chi connectivity index (χ1) is 13.7. The van der Waals surface area contributed by atoms with Crippen molar-refractivity contribution in [2.24, 2.45) is 5.92 Å². The molecule has 140 valence electrons. The number of halogens is 1. The van der Waals surface area contributed by atoms with Crippen LogP contribution in [-0.2, 0) is 16.1 Å². The highest BCUT2D eigenvalue weighted by Crippen LogP contribution is 2.48. The second-order valence-corrected chi connectivity index (χ2v) is 7.58. The molecule has 3 aromatic rings. The number of carbonyl (C=O) groups is 1. The molecule has 2 aliphatic rings. The highest BCUT2D eigenvalue weighted by molar-refractivity contribution is 6.33. The number of hydrogen-bond donors (Lipinski definition) is 1. The Hall–Kier alpha value is -2.82. The van der Waals surface area contributed by atoms with Crippen LogP contribution in [0, 0.1) is 5.92 Å². The summed E-state index contributed by atoms with van der Waals surface area (Å²) in [5, 5.41) is 5.28. The van der Waals surface area contributed by atoms with Gasteiger partial charge in [-0.15, -0.1) is 0 Å². The SMILES string of the molecule is O=C(Nc1ccccc1Cl)[C@@H]1[C@H]2Cc3ccccc3[C@@H]2ON1c1ccccc1. The highest BCUT2D eigenvalue weighted by atomic mass is 35.5. The minimum atomic E-state index is -0.448. The van der Waals surface area contributed by atoms with E-state index in [2.05, 4.69) is 17.4 Å². The maximum absolute atomic E-state index is 13.4. The van der Waals surface area contributed by atoms with Gasteiger partial charge in [-0.05, 0) is 41.8 Å². The molecule has 1 aliphatic heterocycles. The monoisotopic (exact) mass is 390 g/mol. The average Bonchev–Trinajstić information content (AvgIpc) is 3.26. The Morgan fingerprint density at radius 2 is 1.68 bits per heavy atom. The van der Waals surface area contributed by atoms with E-state index in [0.29, 0.717) is 10.7 Å². The summed E-state index contributed by atoms with van der Waals surface area (Å²) >= 11 is 6.25. The van der Waals surface area contributed by atoms with E-state index < -0.39 is 6.04 Å². The average molecular weight is 391 g/mol. The summed E-state index contributed by atoms with van der Waals surface area (Å²) in [4.78, 5) is 19.7. The van der Waals surface area contributed by atoms with Crippen molar-refractivity contribution in [1.29, 1.82) is 0 Å². The third kappa shape index (κ3) is 2.86. The van der Waals surface area contributed by atoms with Gasteiger partial charge in [-0.3, -0.25) is 9.63 Å². The van der Waals surface area contributed by atoms with Crippen molar-refractivity contribution in [3.8, 4) is 0 Å². The molecule has 0 spiro atoms. The van der Waals surface area contributed by atoms with Crippen LogP contribution in [0.2, 0.25) is 5.02 Å². The summed E-state index contributed by atoms with van der Waals surface area (Å²) in [6, 6.07) is 24.9. The van der Waals surface area contributed by atoms with Gasteiger partial charge in [-0.25, -0.2) is 5.06 Å². The summed E-state index contributed by atoms with van der Waals surface area (Å²) < 4.78 is 0. The molecule has 0 aromatic heterocycles. The lowest BCUT2D eigenvalue weighted by Gasteiger charge is -2.26. The largest absolute Gasteiger partial charge is 0.323 e. The molecule has 1 N–H and O–H groups in total. The quantitative estimate of drug-likeness (QED) is 0.683. The standard InChI is InChI=1S/C23H19ClN2O2/c24-19-12-6-7-13-20(19)25-23(27)21-18-14-15-8-4-5-11-17(15)22(18)28-26(21)16-9-2-1-3-10-16/h1-13,18,21-22H,14H2,(H,25,27)/t18-,21+,22+/m1/s1. The number of amides is 1. The van der Waals surface area contributed by atoms with Crippen molar-refractivity contribution in [2.75, 3.05) is 10.4 Å². The number of hydroxylamine groups is 1. The Labute approximate surface area is 168 Å². The molecule has 0 unspecified atom stereocenters. The minimum absolute atomic E-state index is 0.0418. The van der Waals surface area contributed by atoms with Gasteiger partial charge in [-0.1, -0.05) is 66.2 Å². The maximum atomic E-state index is 13.4. The van der Waals surface area contributed by atoms with E-state index in [1.807, 2.05) is 60.7 Å². The van der Waals surface area contributed by atoms with E-state index in [9.17, 15) is 4.79 Å². The van der Waals surface area contributed by atoms with Gasteiger partial charge in [0.05, 0.1) is 16.4 Å². The molecule has 3 atom stereocenters. The van der Waals surface area contributed by atoms with Crippen molar-refractivity contribution in [3.05, 3.63) is 95.0 Å². The van der Waals surface area contributed by atoms with Gasteiger partial charge in [0.15, 0.2) is 0 Å². The van der Waals surface area contributed by atoms with E-state index in [4.69, 9.17) is 16.4 Å². The van der Waals surface area contributed by atoms with E-state index >= 15 is 0 Å². The van der Waals surface area contributed by atoms with Gasteiger partial charge in [-0.2, -0.15) is 0 Å². The van der Waals surface area contributed by atoms with Crippen LogP contribution in [0.4, 0.5) is 11.4 Å². The second-order valence-electron chi connectivity index (χ2n) is 7.17. The molecule has 0 bridgehead atoms. The smallest absolute Gasteiger partial charge is 0.250 e. The first-order valence-corrected chi connectivity index (χ1v) is 9.74. The number of nitrogens with zero attached hydrogens (tertiary/aromatic N) is 1. The Kier molecular flexibility index (Phi) is 4.30. The predicted octanol–water partition coefficient (Wildman–Crippen LogP) is 5.01. The normalized spacial score (nSPS) is 22.6. The van der Waals surface area contributed by atoms with Crippen LogP contribution in [0.25, 0.3) is 0 Å². The van der Waals surface area contributed by atoms with Gasteiger partial charge in [0, 0.05) is 5.92 Å². The zero-order valence-electron chi connectivity index (χ0n) is 15.1. The van der Waals surface area contributed by atoms with E-state index in [-0.39, 0.29) is 17.9 Å². The first-order valence-electron chi connectivity index (χ1n) is 9.36. The van der Waals surface area contributed by atoms with Gasteiger partial charge in [0.2, 0.25) is 5.91 Å². The number of benzene rings is 3. The molecule has 0 saturated carbocycles. The van der Waals surface area contributed by atoms with Crippen molar-refractivity contribution in [1.82, 2.24) is 0 Å². The molecule has 1 aliphatic carbocycles. The first kappa shape index (κ1) is 17.3. The molecular formula is C23H19ClN2O2. The molecular weight excluding hydrogens is 372 g/mol. The number of carbonyl (C=O) groups excluding carboxylic acids is 1.